The molecule has 1 saturated heterocycles. The highest BCUT2D eigenvalue weighted by molar-refractivity contribution is 5.91. The largest absolute Gasteiger partial charge is 0.459 e. The number of hydrogen-bond acceptors (Lipinski definition) is 4. The van der Waals surface area contributed by atoms with Crippen molar-refractivity contribution in [2.45, 2.75) is 6.61 Å². The van der Waals surface area contributed by atoms with Crippen LogP contribution < -0.4 is 0 Å². The van der Waals surface area contributed by atoms with Gasteiger partial charge in [-0.05, 0) is 17.7 Å². The quantitative estimate of drug-likeness (QED) is 0.872. The molecular formula is C17H18N2O4. The zero-order valence-corrected chi connectivity index (χ0v) is 12.7. The number of carbonyl (C=O) groups is 2. The van der Waals surface area contributed by atoms with E-state index in [1.54, 1.807) is 21.9 Å². The summed E-state index contributed by atoms with van der Waals surface area (Å²) < 4.78 is 10.4. The second kappa shape index (κ2) is 7.00. The fourth-order valence-corrected chi connectivity index (χ4v) is 2.46. The van der Waals surface area contributed by atoms with Gasteiger partial charge in [-0.1, -0.05) is 30.3 Å². The van der Waals surface area contributed by atoms with Crippen molar-refractivity contribution in [3.63, 3.8) is 0 Å². The van der Waals surface area contributed by atoms with Crippen LogP contribution in [0, 0.1) is 0 Å². The molecule has 1 fully saturated rings. The van der Waals surface area contributed by atoms with Gasteiger partial charge in [-0.15, -0.1) is 0 Å². The van der Waals surface area contributed by atoms with Crippen molar-refractivity contribution in [2.75, 3.05) is 26.2 Å². The lowest BCUT2D eigenvalue weighted by Crippen LogP contribution is -2.50. The molecule has 6 heteroatoms. The van der Waals surface area contributed by atoms with Gasteiger partial charge >= 0.3 is 6.09 Å². The van der Waals surface area contributed by atoms with E-state index in [0.29, 0.717) is 31.9 Å². The molecule has 0 unspecified atom stereocenters. The summed E-state index contributed by atoms with van der Waals surface area (Å²) >= 11 is 0. The van der Waals surface area contributed by atoms with Gasteiger partial charge in [-0.25, -0.2) is 4.79 Å². The monoisotopic (exact) mass is 314 g/mol. The summed E-state index contributed by atoms with van der Waals surface area (Å²) in [5.41, 5.74) is 0.951. The molecule has 0 spiro atoms. The number of benzene rings is 1. The average Bonchev–Trinajstić information content (AvgIpc) is 3.15. The van der Waals surface area contributed by atoms with Gasteiger partial charge in [-0.2, -0.15) is 0 Å². The van der Waals surface area contributed by atoms with Gasteiger partial charge in [-0.3, -0.25) is 4.79 Å². The minimum Gasteiger partial charge on any atom is -0.459 e. The molecule has 120 valence electrons. The van der Waals surface area contributed by atoms with Crippen LogP contribution in [0.5, 0.6) is 0 Å². The van der Waals surface area contributed by atoms with Crippen molar-refractivity contribution < 1.29 is 18.7 Å². The van der Waals surface area contributed by atoms with Gasteiger partial charge in [0.2, 0.25) is 0 Å². The van der Waals surface area contributed by atoms with E-state index in [2.05, 4.69) is 0 Å². The first kappa shape index (κ1) is 15.1. The van der Waals surface area contributed by atoms with Gasteiger partial charge in [0.1, 0.15) is 6.61 Å². The standard InChI is InChI=1S/C17H18N2O4/c20-16(15-7-4-12-22-15)18-8-10-19(11-9-18)17(21)23-13-14-5-2-1-3-6-14/h1-7,12H,8-11,13H2. The Morgan fingerprint density at radius 3 is 2.30 bits per heavy atom. The summed E-state index contributed by atoms with van der Waals surface area (Å²) in [6.07, 6.45) is 1.13. The molecule has 1 aliphatic heterocycles. The van der Waals surface area contributed by atoms with Crippen LogP contribution in [0.25, 0.3) is 0 Å². The third-order valence-corrected chi connectivity index (χ3v) is 3.76. The maximum absolute atomic E-state index is 12.1. The topological polar surface area (TPSA) is 63.0 Å². The zero-order chi connectivity index (χ0) is 16.1. The highest BCUT2D eigenvalue weighted by Crippen LogP contribution is 2.11. The van der Waals surface area contributed by atoms with Crippen LogP contribution in [0.4, 0.5) is 4.79 Å². The lowest BCUT2D eigenvalue weighted by molar-refractivity contribution is 0.0522. The number of amides is 2. The van der Waals surface area contributed by atoms with Crippen molar-refractivity contribution >= 4 is 12.0 Å². The van der Waals surface area contributed by atoms with Crippen LogP contribution in [0.3, 0.4) is 0 Å². The lowest BCUT2D eigenvalue weighted by Gasteiger charge is -2.33. The molecule has 1 aromatic carbocycles. The van der Waals surface area contributed by atoms with Crippen molar-refractivity contribution in [3.8, 4) is 0 Å². The maximum atomic E-state index is 12.1. The van der Waals surface area contributed by atoms with Gasteiger partial charge < -0.3 is 19.0 Å². The molecular weight excluding hydrogens is 296 g/mol. The number of carbonyl (C=O) groups excluding carboxylic acids is 2. The van der Waals surface area contributed by atoms with Crippen LogP contribution >= 0.6 is 0 Å². The third-order valence-electron chi connectivity index (χ3n) is 3.76. The van der Waals surface area contributed by atoms with E-state index in [4.69, 9.17) is 9.15 Å². The highest BCUT2D eigenvalue weighted by Gasteiger charge is 2.26. The SMILES string of the molecule is O=C(OCc1ccccc1)N1CCN(C(=O)c2ccco2)CC1. The van der Waals surface area contributed by atoms with Crippen LogP contribution in [0.1, 0.15) is 16.1 Å². The second-order valence-corrected chi connectivity index (χ2v) is 5.30. The normalized spacial score (nSPS) is 14.6. The van der Waals surface area contributed by atoms with E-state index in [0.717, 1.165) is 5.56 Å². The number of furan rings is 1. The van der Waals surface area contributed by atoms with Crippen molar-refractivity contribution in [1.82, 2.24) is 9.80 Å². The van der Waals surface area contributed by atoms with Crippen LogP contribution in [-0.4, -0.2) is 48.0 Å². The Morgan fingerprint density at radius 1 is 0.957 bits per heavy atom. The fraction of sp³-hybridized carbons (Fsp3) is 0.294. The highest BCUT2D eigenvalue weighted by atomic mass is 16.6. The third kappa shape index (κ3) is 3.71. The molecule has 0 atom stereocenters. The smallest absolute Gasteiger partial charge is 0.410 e. The van der Waals surface area contributed by atoms with E-state index in [1.807, 2.05) is 30.3 Å². The Balaban J connectivity index is 1.47. The summed E-state index contributed by atoms with van der Waals surface area (Å²) in [7, 11) is 0. The summed E-state index contributed by atoms with van der Waals surface area (Å²) in [6, 6.07) is 12.9. The fourth-order valence-electron chi connectivity index (χ4n) is 2.46. The lowest BCUT2D eigenvalue weighted by atomic mass is 10.2. The predicted molar refractivity (Wildman–Crippen MR) is 82.8 cm³/mol. The van der Waals surface area contributed by atoms with Gasteiger partial charge in [0, 0.05) is 26.2 Å². The maximum Gasteiger partial charge on any atom is 0.410 e. The number of piperazine rings is 1. The molecule has 2 heterocycles. The van der Waals surface area contributed by atoms with Crippen molar-refractivity contribution in [1.29, 1.82) is 0 Å². The van der Waals surface area contributed by atoms with E-state index in [9.17, 15) is 9.59 Å². The number of ether oxygens (including phenoxy) is 1. The Morgan fingerprint density at radius 2 is 1.65 bits per heavy atom. The molecule has 3 rings (SSSR count). The summed E-state index contributed by atoms with van der Waals surface area (Å²) in [4.78, 5) is 27.5. The van der Waals surface area contributed by atoms with E-state index in [1.165, 1.54) is 6.26 Å². The van der Waals surface area contributed by atoms with Crippen LogP contribution in [-0.2, 0) is 11.3 Å². The summed E-state index contributed by atoms with van der Waals surface area (Å²) in [6.45, 7) is 2.12. The molecule has 2 aromatic rings. The molecule has 6 nitrogen and oxygen atoms in total. The zero-order valence-electron chi connectivity index (χ0n) is 12.7. The predicted octanol–water partition coefficient (Wildman–Crippen LogP) is 2.37. The van der Waals surface area contributed by atoms with Crippen LogP contribution in [0.2, 0.25) is 0 Å². The second-order valence-electron chi connectivity index (χ2n) is 5.30. The van der Waals surface area contributed by atoms with Crippen LogP contribution in [0.15, 0.2) is 53.1 Å². The minimum absolute atomic E-state index is 0.146. The van der Waals surface area contributed by atoms with Gasteiger partial charge in [0.05, 0.1) is 6.26 Å². The van der Waals surface area contributed by atoms with Crippen molar-refractivity contribution in [3.05, 3.63) is 60.1 Å². The Labute approximate surface area is 134 Å². The molecule has 2 amide bonds. The summed E-state index contributed by atoms with van der Waals surface area (Å²) in [5, 5.41) is 0. The van der Waals surface area contributed by atoms with Gasteiger partial charge in [0.15, 0.2) is 5.76 Å². The molecule has 0 aliphatic carbocycles. The molecule has 0 saturated carbocycles. The summed E-state index contributed by atoms with van der Waals surface area (Å²) in [5.74, 6) is 0.178. The first-order valence-corrected chi connectivity index (χ1v) is 7.52. The van der Waals surface area contributed by atoms with E-state index >= 15 is 0 Å². The molecule has 23 heavy (non-hydrogen) atoms. The molecule has 0 N–H and O–H groups in total. The van der Waals surface area contributed by atoms with Crippen molar-refractivity contribution in [2.24, 2.45) is 0 Å². The molecule has 1 aromatic heterocycles. The number of hydrogen-bond donors (Lipinski definition) is 0. The van der Waals surface area contributed by atoms with E-state index < -0.39 is 0 Å². The van der Waals surface area contributed by atoms with E-state index in [-0.39, 0.29) is 18.6 Å². The minimum atomic E-state index is -0.348. The Hall–Kier alpha value is -2.76. The molecule has 1 aliphatic rings. The first-order valence-electron chi connectivity index (χ1n) is 7.52. The Kier molecular flexibility index (Phi) is 4.61. The van der Waals surface area contributed by atoms with Gasteiger partial charge in [0.25, 0.3) is 5.91 Å². The molecule has 0 bridgehead atoms. The Bertz CT molecular complexity index is 646. The first-order chi connectivity index (χ1) is 11.2. The number of rotatable bonds is 3. The average molecular weight is 314 g/mol. The number of nitrogens with zero attached hydrogens (tertiary/aromatic N) is 2. The molecule has 0 radical (unpaired) electrons.